The van der Waals surface area contributed by atoms with Gasteiger partial charge in [0.1, 0.15) is 5.75 Å². The van der Waals surface area contributed by atoms with Gasteiger partial charge in [0.25, 0.3) is 0 Å². The first-order valence-electron chi connectivity index (χ1n) is 11.5. The highest BCUT2D eigenvalue weighted by atomic mass is 32.1. The highest BCUT2D eigenvalue weighted by molar-refractivity contribution is 7.80. The van der Waals surface area contributed by atoms with Crippen LogP contribution in [0.15, 0.2) is 53.5 Å². The number of hydrogen-bond acceptors (Lipinski definition) is 9. The number of phenols is 1. The molecular formula is C26H28N6O5S. The van der Waals surface area contributed by atoms with Crippen molar-refractivity contribution >= 4 is 46.9 Å². The van der Waals surface area contributed by atoms with Crippen LogP contribution < -0.4 is 16.0 Å². The summed E-state index contributed by atoms with van der Waals surface area (Å²) in [5.41, 5.74) is 3.19. The minimum absolute atomic E-state index is 0.128. The number of nitrogens with zero attached hydrogens (tertiary/aromatic N) is 3. The lowest BCUT2D eigenvalue weighted by Gasteiger charge is -2.15. The zero-order valence-corrected chi connectivity index (χ0v) is 22.2. The number of aryl methyl sites for hydroxylation is 2. The Morgan fingerprint density at radius 2 is 1.50 bits per heavy atom. The van der Waals surface area contributed by atoms with Gasteiger partial charge in [-0.2, -0.15) is 0 Å². The second-order valence-corrected chi connectivity index (χ2v) is 8.52. The van der Waals surface area contributed by atoms with Crippen LogP contribution in [-0.4, -0.2) is 58.8 Å². The van der Waals surface area contributed by atoms with Gasteiger partial charge in [-0.15, -0.1) is 0 Å². The first kappa shape index (κ1) is 28.0. The SMILES string of the molecule is COC(=O)c1cc(NC(=S)NC(=NCCc2ccc(O)cc2)Nc2nc(C)cc(C)n2)cc(C(=O)OC)c1. The Morgan fingerprint density at radius 3 is 2.05 bits per heavy atom. The number of ether oxygens (including phenoxy) is 2. The number of rotatable bonds is 7. The van der Waals surface area contributed by atoms with Crippen LogP contribution in [0.4, 0.5) is 11.6 Å². The number of aromatic hydroxyl groups is 1. The second-order valence-electron chi connectivity index (χ2n) is 8.11. The Balaban J connectivity index is 1.81. The third kappa shape index (κ3) is 8.23. The minimum atomic E-state index is -0.622. The monoisotopic (exact) mass is 536 g/mol. The van der Waals surface area contributed by atoms with Crippen molar-refractivity contribution in [1.82, 2.24) is 15.3 Å². The Labute approximate surface area is 225 Å². The summed E-state index contributed by atoms with van der Waals surface area (Å²) in [6.07, 6.45) is 0.602. The third-order valence-electron chi connectivity index (χ3n) is 5.08. The van der Waals surface area contributed by atoms with Crippen molar-refractivity contribution in [2.45, 2.75) is 20.3 Å². The number of guanidine groups is 1. The van der Waals surface area contributed by atoms with Gasteiger partial charge in [-0.3, -0.25) is 10.3 Å². The Morgan fingerprint density at radius 1 is 0.921 bits per heavy atom. The normalized spacial score (nSPS) is 10.9. The van der Waals surface area contributed by atoms with Crippen molar-refractivity contribution in [3.05, 3.63) is 76.6 Å². The molecule has 0 saturated carbocycles. The van der Waals surface area contributed by atoms with E-state index in [1.54, 1.807) is 12.1 Å². The number of thiocarbonyl (C=S) groups is 1. The van der Waals surface area contributed by atoms with Gasteiger partial charge >= 0.3 is 11.9 Å². The Kier molecular flexibility index (Phi) is 9.66. The van der Waals surface area contributed by atoms with Crippen LogP contribution in [0.3, 0.4) is 0 Å². The molecule has 12 heteroatoms. The average Bonchev–Trinajstić information content (AvgIpc) is 2.87. The first-order valence-corrected chi connectivity index (χ1v) is 11.9. The minimum Gasteiger partial charge on any atom is -0.508 e. The predicted molar refractivity (Wildman–Crippen MR) is 148 cm³/mol. The van der Waals surface area contributed by atoms with E-state index in [1.807, 2.05) is 32.0 Å². The van der Waals surface area contributed by atoms with Crippen molar-refractivity contribution in [2.75, 3.05) is 31.4 Å². The van der Waals surface area contributed by atoms with Crippen LogP contribution in [0.5, 0.6) is 5.75 Å². The molecule has 0 spiro atoms. The fourth-order valence-electron chi connectivity index (χ4n) is 3.40. The Hall–Kier alpha value is -4.58. The van der Waals surface area contributed by atoms with Gasteiger partial charge in [-0.1, -0.05) is 12.1 Å². The van der Waals surface area contributed by atoms with Crippen molar-refractivity contribution in [3.8, 4) is 5.75 Å². The zero-order chi connectivity index (χ0) is 27.7. The van der Waals surface area contributed by atoms with Crippen LogP contribution in [0.25, 0.3) is 0 Å². The summed E-state index contributed by atoms with van der Waals surface area (Å²) in [7, 11) is 2.49. The number of hydrogen-bond donors (Lipinski definition) is 4. The highest BCUT2D eigenvalue weighted by Gasteiger charge is 2.15. The second kappa shape index (κ2) is 13.1. The number of nitrogens with one attached hydrogen (secondary N) is 3. The molecule has 0 unspecified atom stereocenters. The predicted octanol–water partition coefficient (Wildman–Crippen LogP) is 3.37. The van der Waals surface area contributed by atoms with Gasteiger partial charge in [0, 0.05) is 23.6 Å². The third-order valence-corrected chi connectivity index (χ3v) is 5.29. The van der Waals surface area contributed by atoms with E-state index in [9.17, 15) is 14.7 Å². The summed E-state index contributed by atoms with van der Waals surface area (Å²) in [5.74, 6) is -0.438. The molecule has 0 aliphatic rings. The zero-order valence-electron chi connectivity index (χ0n) is 21.4. The summed E-state index contributed by atoms with van der Waals surface area (Å²) in [6, 6.07) is 13.1. The molecule has 0 aliphatic carbocycles. The van der Waals surface area contributed by atoms with E-state index in [0.717, 1.165) is 17.0 Å². The molecule has 38 heavy (non-hydrogen) atoms. The van der Waals surface area contributed by atoms with E-state index in [1.165, 1.54) is 32.4 Å². The van der Waals surface area contributed by atoms with E-state index in [0.29, 0.717) is 24.6 Å². The van der Waals surface area contributed by atoms with Gasteiger partial charge < -0.3 is 25.2 Å². The fourth-order valence-corrected chi connectivity index (χ4v) is 3.61. The summed E-state index contributed by atoms with van der Waals surface area (Å²) in [6.45, 7) is 4.10. The van der Waals surface area contributed by atoms with Crippen LogP contribution >= 0.6 is 12.2 Å². The first-order chi connectivity index (χ1) is 18.2. The van der Waals surface area contributed by atoms with Gasteiger partial charge in [0.05, 0.1) is 25.3 Å². The standard InChI is InChI=1S/C26H28N6O5S/c1-15-11-16(2)29-25(28-15)31-24(27-10-9-17-5-7-21(33)8-6-17)32-26(38)30-20-13-18(22(34)36-3)12-19(14-20)23(35)37-4/h5-8,11-14,33H,9-10H2,1-4H3,(H3,27,28,29,30,31,32,38). The van der Waals surface area contributed by atoms with Crippen molar-refractivity contribution in [2.24, 2.45) is 4.99 Å². The van der Waals surface area contributed by atoms with E-state index < -0.39 is 11.9 Å². The lowest BCUT2D eigenvalue weighted by Crippen LogP contribution is -2.39. The lowest BCUT2D eigenvalue weighted by atomic mass is 10.1. The number of aromatic nitrogens is 2. The molecule has 0 saturated heterocycles. The molecule has 1 heterocycles. The fraction of sp³-hybridized carbons (Fsp3) is 0.231. The molecule has 0 atom stereocenters. The number of phenolic OH excluding ortho intramolecular Hbond substituents is 1. The molecule has 3 rings (SSSR count). The molecule has 0 bridgehead atoms. The van der Waals surface area contributed by atoms with Crippen molar-refractivity contribution in [1.29, 1.82) is 0 Å². The van der Waals surface area contributed by atoms with Gasteiger partial charge in [0.2, 0.25) is 11.9 Å². The van der Waals surface area contributed by atoms with Crippen LogP contribution in [0, 0.1) is 13.8 Å². The molecule has 11 nitrogen and oxygen atoms in total. The number of carbonyl (C=O) groups is 2. The van der Waals surface area contributed by atoms with Crippen molar-refractivity contribution < 1.29 is 24.2 Å². The smallest absolute Gasteiger partial charge is 0.337 e. The van der Waals surface area contributed by atoms with Crippen molar-refractivity contribution in [3.63, 3.8) is 0 Å². The summed E-state index contributed by atoms with van der Waals surface area (Å²) in [5, 5.41) is 18.6. The number of carbonyl (C=O) groups excluding carboxylic acids is 2. The Bertz CT molecular complexity index is 1310. The molecule has 2 aromatic carbocycles. The van der Waals surface area contributed by atoms with E-state index in [-0.39, 0.29) is 27.9 Å². The number of anilines is 2. The molecule has 4 N–H and O–H groups in total. The summed E-state index contributed by atoms with van der Waals surface area (Å²) in [4.78, 5) is 37.5. The maximum Gasteiger partial charge on any atom is 0.337 e. The molecule has 3 aromatic rings. The number of esters is 2. The molecule has 0 amide bonds. The van der Waals surface area contributed by atoms with E-state index in [4.69, 9.17) is 21.7 Å². The number of benzene rings is 2. The molecule has 0 radical (unpaired) electrons. The largest absolute Gasteiger partial charge is 0.508 e. The van der Waals surface area contributed by atoms with Crippen LogP contribution in [0.1, 0.15) is 37.7 Å². The highest BCUT2D eigenvalue weighted by Crippen LogP contribution is 2.17. The molecule has 0 fully saturated rings. The summed E-state index contributed by atoms with van der Waals surface area (Å²) < 4.78 is 9.56. The van der Waals surface area contributed by atoms with Gasteiger partial charge in [-0.25, -0.2) is 19.6 Å². The number of aliphatic imine (C=N–C) groups is 1. The molecule has 198 valence electrons. The maximum atomic E-state index is 12.1. The van der Waals surface area contributed by atoms with Crippen LogP contribution in [-0.2, 0) is 15.9 Å². The molecular weight excluding hydrogens is 508 g/mol. The molecule has 0 aliphatic heterocycles. The van der Waals surface area contributed by atoms with E-state index >= 15 is 0 Å². The summed E-state index contributed by atoms with van der Waals surface area (Å²) >= 11 is 5.47. The quantitative estimate of drug-likeness (QED) is 0.152. The lowest BCUT2D eigenvalue weighted by molar-refractivity contribution is 0.0599. The van der Waals surface area contributed by atoms with E-state index in [2.05, 4.69) is 30.9 Å². The van der Waals surface area contributed by atoms with Crippen LogP contribution in [0.2, 0.25) is 0 Å². The topological polar surface area (TPSA) is 147 Å². The number of methoxy groups -OCH3 is 2. The average molecular weight is 537 g/mol. The van der Waals surface area contributed by atoms with Gasteiger partial charge in [0.15, 0.2) is 5.11 Å². The molecule has 1 aromatic heterocycles. The maximum absolute atomic E-state index is 12.1. The van der Waals surface area contributed by atoms with Gasteiger partial charge in [-0.05, 0) is 74.4 Å².